The van der Waals surface area contributed by atoms with Gasteiger partial charge in [-0.3, -0.25) is 4.79 Å². The molecule has 1 unspecified atom stereocenters. The van der Waals surface area contributed by atoms with Crippen LogP contribution in [0.4, 0.5) is 0 Å². The van der Waals surface area contributed by atoms with Gasteiger partial charge >= 0.3 is 5.97 Å². The van der Waals surface area contributed by atoms with Gasteiger partial charge in [-0.15, -0.1) is 5.06 Å². The molecule has 0 amide bonds. The highest BCUT2D eigenvalue weighted by atomic mass is 28.4. The van der Waals surface area contributed by atoms with Crippen LogP contribution in [0.25, 0.3) is 0 Å². The quantitative estimate of drug-likeness (QED) is 0.749. The van der Waals surface area contributed by atoms with Crippen molar-refractivity contribution in [3.05, 3.63) is 35.9 Å². The van der Waals surface area contributed by atoms with Crippen LogP contribution in [0.2, 0.25) is 18.1 Å². The van der Waals surface area contributed by atoms with Crippen molar-refractivity contribution < 1.29 is 18.9 Å². The van der Waals surface area contributed by atoms with E-state index in [9.17, 15) is 9.59 Å². The molecule has 1 aromatic rings. The van der Waals surface area contributed by atoms with Gasteiger partial charge in [-0.1, -0.05) is 39.0 Å². The lowest BCUT2D eigenvalue weighted by Crippen LogP contribution is -2.58. The van der Waals surface area contributed by atoms with Crippen LogP contribution in [0.5, 0.6) is 0 Å². The fourth-order valence-electron chi connectivity index (χ4n) is 3.46. The lowest BCUT2D eigenvalue weighted by molar-refractivity contribution is -0.207. The summed E-state index contributed by atoms with van der Waals surface area (Å²) >= 11 is 0. The topological polar surface area (TPSA) is 55.8 Å². The van der Waals surface area contributed by atoms with Crippen molar-refractivity contribution in [1.29, 1.82) is 0 Å². The summed E-state index contributed by atoms with van der Waals surface area (Å²) in [7, 11) is -1.89. The highest BCUT2D eigenvalue weighted by Gasteiger charge is 2.57. The maximum Gasteiger partial charge on any atom is 0.357 e. The number of hydrogen-bond acceptors (Lipinski definition) is 5. The van der Waals surface area contributed by atoms with E-state index in [4.69, 9.17) is 9.26 Å². The Morgan fingerprint density at radius 2 is 1.81 bits per heavy atom. The number of hydroxylamine groups is 2. The first-order valence-corrected chi connectivity index (χ1v) is 12.2. The van der Waals surface area contributed by atoms with Gasteiger partial charge in [0.1, 0.15) is 5.78 Å². The number of nitrogens with zero attached hydrogens (tertiary/aromatic N) is 1. The van der Waals surface area contributed by atoms with Crippen LogP contribution in [0.15, 0.2) is 30.3 Å². The van der Waals surface area contributed by atoms with Crippen LogP contribution in [-0.2, 0) is 14.1 Å². The summed E-state index contributed by atoms with van der Waals surface area (Å²) < 4.78 is 6.44. The Kier molecular flexibility index (Phi) is 4.88. The molecule has 1 heterocycles. The van der Waals surface area contributed by atoms with E-state index in [1.54, 1.807) is 29.3 Å². The largest absolute Gasteiger partial charge is 0.413 e. The van der Waals surface area contributed by atoms with Gasteiger partial charge in [0.25, 0.3) is 0 Å². The molecule has 5 nitrogen and oxygen atoms in total. The molecule has 0 N–H and O–H groups in total. The predicted molar refractivity (Wildman–Crippen MR) is 102 cm³/mol. The highest BCUT2D eigenvalue weighted by molar-refractivity contribution is 6.74. The third kappa shape index (κ3) is 3.63. The lowest BCUT2D eigenvalue weighted by Gasteiger charge is -2.45. The summed E-state index contributed by atoms with van der Waals surface area (Å²) in [6.45, 7) is 12.0. The van der Waals surface area contributed by atoms with Crippen LogP contribution in [0, 0.1) is 5.41 Å². The van der Waals surface area contributed by atoms with E-state index in [-0.39, 0.29) is 22.9 Å². The third-order valence-electron chi connectivity index (χ3n) is 6.07. The summed E-state index contributed by atoms with van der Waals surface area (Å²) in [5.41, 5.74) is 0.120. The van der Waals surface area contributed by atoms with E-state index in [0.29, 0.717) is 25.1 Å². The number of Topliss-reactive ketones (excluding diaryl/α,β-unsaturated/α-hetero) is 1. The Morgan fingerprint density at radius 1 is 1.19 bits per heavy atom. The first-order chi connectivity index (χ1) is 12.0. The molecule has 142 valence electrons. The van der Waals surface area contributed by atoms with Gasteiger partial charge in [0, 0.05) is 19.5 Å². The van der Waals surface area contributed by atoms with Crippen molar-refractivity contribution >= 4 is 20.1 Å². The second-order valence-electron chi connectivity index (χ2n) is 9.15. The van der Waals surface area contributed by atoms with E-state index in [0.717, 1.165) is 6.42 Å². The fraction of sp³-hybridized carbons (Fsp3) is 0.600. The Bertz CT molecular complexity index is 690. The molecular formula is C20H29NO4Si. The number of ketones is 1. The third-order valence-corrected chi connectivity index (χ3v) is 10.6. The normalized spacial score (nSPS) is 23.1. The number of rotatable bonds is 4. The average molecular weight is 376 g/mol. The summed E-state index contributed by atoms with van der Waals surface area (Å²) in [6, 6.07) is 8.91. The van der Waals surface area contributed by atoms with E-state index in [1.165, 1.54) is 0 Å². The molecule has 3 rings (SSSR count). The summed E-state index contributed by atoms with van der Waals surface area (Å²) in [4.78, 5) is 30.1. The van der Waals surface area contributed by atoms with Crippen molar-refractivity contribution in [1.82, 2.24) is 5.06 Å². The molecule has 2 fully saturated rings. The zero-order chi connectivity index (χ0) is 19.2. The maximum atomic E-state index is 12.6. The van der Waals surface area contributed by atoms with Gasteiger partial charge in [-0.2, -0.15) is 0 Å². The fourth-order valence-corrected chi connectivity index (χ4v) is 4.82. The second-order valence-corrected chi connectivity index (χ2v) is 13.9. The molecule has 6 heteroatoms. The Labute approximate surface area is 156 Å². The molecule has 0 bridgehead atoms. The van der Waals surface area contributed by atoms with Gasteiger partial charge in [0.15, 0.2) is 8.32 Å². The standard InChI is InChI=1S/C20H29NO4Si/c1-19(2,3)26(4,5)25-16-11-17(22)20(12-16)13-21(14-20)24-18(23)15-9-7-6-8-10-15/h6-10,16H,11-14H2,1-5H3. The molecule has 1 saturated heterocycles. The molecule has 1 aliphatic carbocycles. The molecule has 2 aliphatic rings. The van der Waals surface area contributed by atoms with Crippen LogP contribution in [0.3, 0.4) is 0 Å². The molecule has 0 aromatic heterocycles. The predicted octanol–water partition coefficient (Wildman–Crippen LogP) is 3.81. The molecular weight excluding hydrogens is 346 g/mol. The van der Waals surface area contributed by atoms with E-state index in [2.05, 4.69) is 33.9 Å². The Balaban J connectivity index is 1.55. The number of hydrogen-bond donors (Lipinski definition) is 0. The zero-order valence-corrected chi connectivity index (χ0v) is 17.4. The number of carbonyl (C=O) groups is 2. The zero-order valence-electron chi connectivity index (χ0n) is 16.4. The molecule has 1 atom stereocenters. The van der Waals surface area contributed by atoms with Gasteiger partial charge in [-0.25, -0.2) is 4.79 Å². The molecule has 1 aliphatic heterocycles. The summed E-state index contributed by atoms with van der Waals surface area (Å²) in [6.07, 6.45) is 1.21. The van der Waals surface area contributed by atoms with Crippen LogP contribution in [0.1, 0.15) is 44.0 Å². The van der Waals surface area contributed by atoms with Crippen molar-refractivity contribution in [2.45, 2.75) is 57.8 Å². The van der Waals surface area contributed by atoms with Gasteiger partial charge in [0.05, 0.1) is 17.1 Å². The summed E-state index contributed by atoms with van der Waals surface area (Å²) in [5.74, 6) is -0.131. The van der Waals surface area contributed by atoms with Crippen LogP contribution < -0.4 is 0 Å². The van der Waals surface area contributed by atoms with Gasteiger partial charge in [-0.05, 0) is 36.7 Å². The van der Waals surface area contributed by atoms with E-state index < -0.39 is 13.7 Å². The smallest absolute Gasteiger partial charge is 0.357 e. The van der Waals surface area contributed by atoms with Crippen molar-refractivity contribution in [3.8, 4) is 0 Å². The SMILES string of the molecule is CC(C)(C)[Si](C)(C)OC1CC(=O)C2(C1)CN(OC(=O)c1ccccc1)C2. The maximum absolute atomic E-state index is 12.6. The minimum absolute atomic E-state index is 0.00429. The van der Waals surface area contributed by atoms with Gasteiger partial charge in [0.2, 0.25) is 0 Å². The first-order valence-electron chi connectivity index (χ1n) is 9.26. The number of carbonyl (C=O) groups excluding carboxylic acids is 2. The highest BCUT2D eigenvalue weighted by Crippen LogP contribution is 2.47. The first kappa shape index (κ1) is 19.3. The minimum atomic E-state index is -1.89. The van der Waals surface area contributed by atoms with Crippen molar-refractivity contribution in [3.63, 3.8) is 0 Å². The molecule has 1 spiro atoms. The molecule has 0 radical (unpaired) electrons. The number of benzene rings is 1. The van der Waals surface area contributed by atoms with Crippen LogP contribution in [-0.4, -0.2) is 44.3 Å². The minimum Gasteiger partial charge on any atom is -0.413 e. The van der Waals surface area contributed by atoms with Crippen molar-refractivity contribution in [2.75, 3.05) is 13.1 Å². The van der Waals surface area contributed by atoms with Gasteiger partial charge < -0.3 is 9.26 Å². The molecule has 1 aromatic carbocycles. The average Bonchev–Trinajstić information content (AvgIpc) is 2.82. The molecule has 1 saturated carbocycles. The van der Waals surface area contributed by atoms with E-state index >= 15 is 0 Å². The lowest BCUT2D eigenvalue weighted by atomic mass is 9.79. The monoisotopic (exact) mass is 375 g/mol. The molecule has 26 heavy (non-hydrogen) atoms. The Hall–Kier alpha value is -1.50. The summed E-state index contributed by atoms with van der Waals surface area (Å²) in [5, 5.41) is 1.73. The second kappa shape index (κ2) is 6.58. The van der Waals surface area contributed by atoms with Crippen LogP contribution >= 0.6 is 0 Å². The Morgan fingerprint density at radius 3 is 2.38 bits per heavy atom. The van der Waals surface area contributed by atoms with Crippen molar-refractivity contribution in [2.24, 2.45) is 5.41 Å². The van der Waals surface area contributed by atoms with E-state index in [1.807, 2.05) is 6.07 Å².